The first-order valence-electron chi connectivity index (χ1n) is 6.18. The van der Waals surface area contributed by atoms with E-state index in [0.717, 1.165) is 28.7 Å². The normalized spacial score (nSPS) is 19.3. The van der Waals surface area contributed by atoms with E-state index in [4.69, 9.17) is 15.7 Å². The number of nitrogens with two attached hydrogens (primary N) is 1. The number of fused-ring (bicyclic) bond motifs is 1. The summed E-state index contributed by atoms with van der Waals surface area (Å²) in [5, 5.41) is 11.0. The highest BCUT2D eigenvalue weighted by molar-refractivity contribution is 6.00. The molecule has 0 radical (unpaired) electrons. The summed E-state index contributed by atoms with van der Waals surface area (Å²) in [5.41, 5.74) is 7.78. The zero-order valence-corrected chi connectivity index (χ0v) is 10.4. The summed E-state index contributed by atoms with van der Waals surface area (Å²) in [6.45, 7) is 1.90. The summed E-state index contributed by atoms with van der Waals surface area (Å²) in [5.74, 6) is 0. The molecular weight excluding hydrogens is 240 g/mol. The van der Waals surface area contributed by atoms with Crippen LogP contribution in [0, 0.1) is 11.3 Å². The van der Waals surface area contributed by atoms with E-state index in [2.05, 4.69) is 16.0 Å². The molecule has 2 aromatic rings. The monoisotopic (exact) mass is 254 g/mol. The molecular formula is C14H14N4O. The number of nitrogens with zero attached hydrogens (tertiary/aromatic N) is 3. The molecule has 3 rings (SSSR count). The van der Waals surface area contributed by atoms with Gasteiger partial charge in [-0.25, -0.2) is 0 Å². The number of nitriles is 1. The Balaban J connectivity index is 2.06. The average Bonchev–Trinajstić information content (AvgIpc) is 2.48. The summed E-state index contributed by atoms with van der Waals surface area (Å²) in [6.07, 6.45) is 3.18. The largest absolute Gasteiger partial charge is 0.398 e. The van der Waals surface area contributed by atoms with Gasteiger partial charge in [-0.1, -0.05) is 0 Å². The SMILES string of the molecule is N#CC1CN(c2ccc(N)c3ccncc23)CCO1. The van der Waals surface area contributed by atoms with Gasteiger partial charge in [-0.3, -0.25) is 4.98 Å². The highest BCUT2D eigenvalue weighted by Gasteiger charge is 2.21. The lowest BCUT2D eigenvalue weighted by molar-refractivity contribution is 0.0765. The number of nitrogen functional groups attached to an aromatic ring is 1. The Kier molecular flexibility index (Phi) is 2.94. The molecule has 5 heteroatoms. The topological polar surface area (TPSA) is 75.2 Å². The molecule has 0 saturated carbocycles. The molecule has 2 N–H and O–H groups in total. The number of aromatic nitrogens is 1. The van der Waals surface area contributed by atoms with E-state index in [-0.39, 0.29) is 6.10 Å². The maximum Gasteiger partial charge on any atom is 0.161 e. The molecule has 0 aliphatic carbocycles. The lowest BCUT2D eigenvalue weighted by Gasteiger charge is -2.32. The van der Waals surface area contributed by atoms with Gasteiger partial charge in [-0.05, 0) is 18.2 Å². The first-order chi connectivity index (χ1) is 9.29. The van der Waals surface area contributed by atoms with E-state index in [0.29, 0.717) is 13.2 Å². The maximum absolute atomic E-state index is 8.98. The summed E-state index contributed by atoms with van der Waals surface area (Å²) in [7, 11) is 0. The number of rotatable bonds is 1. The van der Waals surface area contributed by atoms with E-state index in [1.165, 1.54) is 0 Å². The molecule has 19 heavy (non-hydrogen) atoms. The molecule has 1 aliphatic rings. The van der Waals surface area contributed by atoms with Gasteiger partial charge in [0.25, 0.3) is 0 Å². The zero-order valence-electron chi connectivity index (χ0n) is 10.4. The predicted molar refractivity (Wildman–Crippen MR) is 73.7 cm³/mol. The van der Waals surface area contributed by atoms with E-state index >= 15 is 0 Å². The molecule has 1 saturated heterocycles. The molecule has 2 heterocycles. The van der Waals surface area contributed by atoms with Crippen LogP contribution in [-0.2, 0) is 4.74 Å². The highest BCUT2D eigenvalue weighted by Crippen LogP contribution is 2.31. The van der Waals surface area contributed by atoms with Crippen molar-refractivity contribution in [3.8, 4) is 6.07 Å². The Hall–Kier alpha value is -2.32. The van der Waals surface area contributed by atoms with E-state index < -0.39 is 0 Å². The minimum atomic E-state index is -0.377. The quantitative estimate of drug-likeness (QED) is 0.781. The average molecular weight is 254 g/mol. The molecule has 0 spiro atoms. The Morgan fingerprint density at radius 2 is 2.26 bits per heavy atom. The fraction of sp³-hybridized carbons (Fsp3) is 0.286. The molecule has 1 aliphatic heterocycles. The van der Waals surface area contributed by atoms with Crippen LogP contribution < -0.4 is 10.6 Å². The molecule has 1 aromatic carbocycles. The van der Waals surface area contributed by atoms with Crippen molar-refractivity contribution in [1.29, 1.82) is 5.26 Å². The number of hydrogen-bond donors (Lipinski definition) is 1. The summed E-state index contributed by atoms with van der Waals surface area (Å²) >= 11 is 0. The Morgan fingerprint density at radius 1 is 1.37 bits per heavy atom. The second-order valence-electron chi connectivity index (χ2n) is 4.53. The van der Waals surface area contributed by atoms with Crippen molar-refractivity contribution in [2.75, 3.05) is 30.3 Å². The van der Waals surface area contributed by atoms with Gasteiger partial charge in [0, 0.05) is 41.1 Å². The van der Waals surface area contributed by atoms with Crippen LogP contribution in [0.15, 0.2) is 30.6 Å². The standard InChI is InChI=1S/C14H14N4O/c15-7-10-9-18(5-6-19-10)14-2-1-13(16)11-3-4-17-8-12(11)14/h1-4,8,10H,5-6,9,16H2. The third-order valence-electron chi connectivity index (χ3n) is 3.38. The van der Waals surface area contributed by atoms with E-state index in [9.17, 15) is 0 Å². The number of ether oxygens (including phenoxy) is 1. The van der Waals surface area contributed by atoms with Gasteiger partial charge < -0.3 is 15.4 Å². The van der Waals surface area contributed by atoms with Crippen molar-refractivity contribution < 1.29 is 4.74 Å². The lowest BCUT2D eigenvalue weighted by atomic mass is 10.1. The third kappa shape index (κ3) is 2.07. The molecule has 96 valence electrons. The van der Waals surface area contributed by atoms with Gasteiger partial charge in [0.15, 0.2) is 6.10 Å². The number of pyridine rings is 1. The van der Waals surface area contributed by atoms with Gasteiger partial charge in [0.05, 0.1) is 19.2 Å². The van der Waals surface area contributed by atoms with E-state index in [1.807, 2.05) is 24.4 Å². The van der Waals surface area contributed by atoms with Crippen LogP contribution in [-0.4, -0.2) is 30.8 Å². The van der Waals surface area contributed by atoms with Gasteiger partial charge in [0.2, 0.25) is 0 Å². The van der Waals surface area contributed by atoms with Crippen molar-refractivity contribution in [2.45, 2.75) is 6.10 Å². The summed E-state index contributed by atoms with van der Waals surface area (Å²) < 4.78 is 5.37. The zero-order chi connectivity index (χ0) is 13.2. The van der Waals surface area contributed by atoms with Crippen LogP contribution >= 0.6 is 0 Å². The summed E-state index contributed by atoms with van der Waals surface area (Å²) in [4.78, 5) is 6.32. The smallest absolute Gasteiger partial charge is 0.161 e. The number of hydrogen-bond acceptors (Lipinski definition) is 5. The minimum absolute atomic E-state index is 0.377. The predicted octanol–water partition coefficient (Wildman–Crippen LogP) is 1.55. The first-order valence-corrected chi connectivity index (χ1v) is 6.18. The van der Waals surface area contributed by atoms with Crippen molar-refractivity contribution >= 4 is 22.1 Å². The third-order valence-corrected chi connectivity index (χ3v) is 3.38. The van der Waals surface area contributed by atoms with Gasteiger partial charge in [-0.2, -0.15) is 5.26 Å². The Morgan fingerprint density at radius 3 is 3.11 bits per heavy atom. The van der Waals surface area contributed by atoms with Crippen molar-refractivity contribution in [3.63, 3.8) is 0 Å². The molecule has 5 nitrogen and oxygen atoms in total. The van der Waals surface area contributed by atoms with Crippen molar-refractivity contribution in [1.82, 2.24) is 4.98 Å². The van der Waals surface area contributed by atoms with Crippen LogP contribution in [0.3, 0.4) is 0 Å². The molecule has 0 amide bonds. The van der Waals surface area contributed by atoms with Gasteiger partial charge in [0.1, 0.15) is 0 Å². The first kappa shape index (κ1) is 11.8. The second-order valence-corrected chi connectivity index (χ2v) is 4.53. The Bertz CT molecular complexity index is 649. The van der Waals surface area contributed by atoms with Crippen molar-refractivity contribution in [2.24, 2.45) is 0 Å². The van der Waals surface area contributed by atoms with Gasteiger partial charge >= 0.3 is 0 Å². The van der Waals surface area contributed by atoms with Crippen LogP contribution in [0.4, 0.5) is 11.4 Å². The molecule has 1 atom stereocenters. The molecule has 1 unspecified atom stereocenters. The molecule has 1 aromatic heterocycles. The van der Waals surface area contributed by atoms with Crippen LogP contribution in [0.1, 0.15) is 0 Å². The highest BCUT2D eigenvalue weighted by atomic mass is 16.5. The maximum atomic E-state index is 8.98. The second kappa shape index (κ2) is 4.75. The number of anilines is 2. The van der Waals surface area contributed by atoms with Crippen LogP contribution in [0.2, 0.25) is 0 Å². The van der Waals surface area contributed by atoms with Gasteiger partial charge in [-0.15, -0.1) is 0 Å². The Labute approximate surface area is 111 Å². The van der Waals surface area contributed by atoms with E-state index in [1.54, 1.807) is 6.20 Å². The van der Waals surface area contributed by atoms with Crippen LogP contribution in [0.5, 0.6) is 0 Å². The van der Waals surface area contributed by atoms with Crippen molar-refractivity contribution in [3.05, 3.63) is 30.6 Å². The molecule has 1 fully saturated rings. The molecule has 0 bridgehead atoms. The summed E-state index contributed by atoms with van der Waals surface area (Å²) in [6, 6.07) is 7.95. The minimum Gasteiger partial charge on any atom is -0.398 e. The number of benzene rings is 1. The lowest BCUT2D eigenvalue weighted by Crippen LogP contribution is -2.41. The fourth-order valence-electron chi connectivity index (χ4n) is 2.42. The number of morpholine rings is 1. The fourth-order valence-corrected chi connectivity index (χ4v) is 2.42. The van der Waals surface area contributed by atoms with Crippen LogP contribution in [0.25, 0.3) is 10.8 Å².